The quantitative estimate of drug-likeness (QED) is 0.250. The van der Waals surface area contributed by atoms with E-state index in [1.54, 1.807) is 35.7 Å². The van der Waals surface area contributed by atoms with Crippen LogP contribution in [0.25, 0.3) is 10.9 Å². The van der Waals surface area contributed by atoms with Crippen molar-refractivity contribution in [3.05, 3.63) is 81.4 Å². The minimum Gasteiger partial charge on any atom is -0.361 e. The van der Waals surface area contributed by atoms with Crippen LogP contribution >= 0.6 is 33.9 Å². The van der Waals surface area contributed by atoms with Crippen LogP contribution in [0.4, 0.5) is 5.69 Å². The Labute approximate surface area is 214 Å². The third kappa shape index (κ3) is 4.19. The molecule has 2 aromatic carbocycles. The Kier molecular flexibility index (Phi) is 6.32. The SMILES string of the molecule is O=C1CC(N(CCc2c[nH]c3ccccc23)S(=O)(=O)c2cccs2)C(=O)N1c1ccc(I)cc1. The van der Waals surface area contributed by atoms with Crippen LogP contribution in [0, 0.1) is 3.57 Å². The van der Waals surface area contributed by atoms with E-state index < -0.39 is 27.9 Å². The second kappa shape index (κ2) is 9.25. The average molecular weight is 605 g/mol. The number of aromatic amines is 1. The number of benzene rings is 2. The van der Waals surface area contributed by atoms with Gasteiger partial charge >= 0.3 is 0 Å². The van der Waals surface area contributed by atoms with E-state index >= 15 is 0 Å². The molecule has 2 amide bonds. The third-order valence-electron chi connectivity index (χ3n) is 5.89. The predicted molar refractivity (Wildman–Crippen MR) is 140 cm³/mol. The highest BCUT2D eigenvalue weighted by atomic mass is 127. The van der Waals surface area contributed by atoms with E-state index in [9.17, 15) is 18.0 Å². The van der Waals surface area contributed by atoms with Gasteiger partial charge in [0.15, 0.2) is 0 Å². The lowest BCUT2D eigenvalue weighted by atomic mass is 10.1. The van der Waals surface area contributed by atoms with Crippen molar-refractivity contribution < 1.29 is 18.0 Å². The molecular formula is C24H20IN3O4S2. The number of fused-ring (bicyclic) bond motifs is 1. The van der Waals surface area contributed by atoms with Gasteiger partial charge in [0.25, 0.3) is 15.9 Å². The number of carbonyl (C=O) groups excluding carboxylic acids is 2. The zero-order chi connectivity index (χ0) is 23.9. The number of rotatable bonds is 7. The van der Waals surface area contributed by atoms with Gasteiger partial charge in [-0.25, -0.2) is 13.3 Å². The highest BCUT2D eigenvalue weighted by Crippen LogP contribution is 2.31. The van der Waals surface area contributed by atoms with Crippen LogP contribution in [-0.4, -0.2) is 42.1 Å². The van der Waals surface area contributed by atoms with Crippen molar-refractivity contribution >= 4 is 72.4 Å². The van der Waals surface area contributed by atoms with Crippen LogP contribution in [0.1, 0.15) is 12.0 Å². The molecule has 7 nitrogen and oxygen atoms in total. The molecule has 1 N–H and O–H groups in total. The molecule has 0 aliphatic carbocycles. The fourth-order valence-corrected chi connectivity index (χ4v) is 7.30. The van der Waals surface area contributed by atoms with Gasteiger partial charge in [-0.1, -0.05) is 24.3 Å². The van der Waals surface area contributed by atoms with Gasteiger partial charge < -0.3 is 4.98 Å². The molecule has 1 fully saturated rings. The maximum Gasteiger partial charge on any atom is 0.253 e. The topological polar surface area (TPSA) is 90.5 Å². The zero-order valence-electron chi connectivity index (χ0n) is 17.8. The van der Waals surface area contributed by atoms with Gasteiger partial charge in [-0.2, -0.15) is 4.31 Å². The third-order valence-corrected chi connectivity index (χ3v) is 9.89. The summed E-state index contributed by atoms with van der Waals surface area (Å²) in [6.07, 6.45) is 2.07. The summed E-state index contributed by atoms with van der Waals surface area (Å²) in [6.45, 7) is 0.0757. The number of hydrogen-bond donors (Lipinski definition) is 1. The standard InChI is InChI=1S/C24H20IN3O4S2/c25-17-7-9-18(10-8-17)28-22(29)14-21(24(28)30)27(34(31,32)23-6-3-13-33-23)12-11-16-15-26-20-5-2-1-4-19(16)20/h1-10,13,15,21,26H,11-12,14H2. The number of sulfonamides is 1. The number of nitrogens with zero attached hydrogens (tertiary/aromatic N) is 2. The van der Waals surface area contributed by atoms with Gasteiger partial charge in [-0.15, -0.1) is 11.3 Å². The first-order valence-corrected chi connectivity index (χ1v) is 14.0. The molecule has 1 aliphatic rings. The summed E-state index contributed by atoms with van der Waals surface area (Å²) in [5, 5.41) is 2.69. The number of carbonyl (C=O) groups is 2. The van der Waals surface area contributed by atoms with Gasteiger partial charge in [-0.05, 0) is 76.4 Å². The van der Waals surface area contributed by atoms with Gasteiger partial charge in [-0.3, -0.25) is 9.59 Å². The second-order valence-corrected chi connectivity index (χ2v) is 12.2. The molecule has 10 heteroatoms. The van der Waals surface area contributed by atoms with Crippen molar-refractivity contribution in [3.8, 4) is 0 Å². The van der Waals surface area contributed by atoms with Crippen molar-refractivity contribution in [1.29, 1.82) is 0 Å². The number of anilines is 1. The molecule has 1 atom stereocenters. The fourth-order valence-electron chi connectivity index (χ4n) is 4.24. The molecule has 4 aromatic rings. The van der Waals surface area contributed by atoms with Crippen molar-refractivity contribution in [2.45, 2.75) is 23.1 Å². The zero-order valence-corrected chi connectivity index (χ0v) is 21.6. The number of para-hydroxylation sites is 1. The summed E-state index contributed by atoms with van der Waals surface area (Å²) in [7, 11) is -3.98. The summed E-state index contributed by atoms with van der Waals surface area (Å²) in [5.74, 6) is -0.931. The average Bonchev–Trinajstić information content (AvgIpc) is 3.56. The second-order valence-electron chi connectivity index (χ2n) is 7.92. The predicted octanol–water partition coefficient (Wildman–Crippen LogP) is 4.40. The lowest BCUT2D eigenvalue weighted by Gasteiger charge is -2.26. The van der Waals surface area contributed by atoms with Crippen molar-refractivity contribution in [2.24, 2.45) is 0 Å². The van der Waals surface area contributed by atoms with Crippen LogP contribution in [0.15, 0.2) is 76.4 Å². The summed E-state index contributed by atoms with van der Waals surface area (Å²) < 4.78 is 29.5. The highest BCUT2D eigenvalue weighted by molar-refractivity contribution is 14.1. The first kappa shape index (κ1) is 23.2. The van der Waals surface area contributed by atoms with Crippen LogP contribution in [-0.2, 0) is 26.0 Å². The van der Waals surface area contributed by atoms with Crippen LogP contribution in [0.3, 0.4) is 0 Å². The number of H-pyrrole nitrogens is 1. The molecule has 0 bridgehead atoms. The molecule has 0 radical (unpaired) electrons. The van der Waals surface area contributed by atoms with E-state index in [0.717, 1.165) is 36.3 Å². The van der Waals surface area contributed by atoms with E-state index in [0.29, 0.717) is 12.1 Å². The molecule has 1 unspecified atom stereocenters. The van der Waals surface area contributed by atoms with Gasteiger partial charge in [0.05, 0.1) is 12.1 Å². The Balaban J connectivity index is 1.49. The first-order valence-electron chi connectivity index (χ1n) is 10.6. The van der Waals surface area contributed by atoms with E-state index in [-0.39, 0.29) is 17.2 Å². The summed E-state index contributed by atoms with van der Waals surface area (Å²) in [4.78, 5) is 30.6. The number of amides is 2. The van der Waals surface area contributed by atoms with Gasteiger partial charge in [0.1, 0.15) is 10.3 Å². The number of halogens is 1. The number of thiophene rings is 1. The minimum atomic E-state index is -3.98. The molecule has 174 valence electrons. The van der Waals surface area contributed by atoms with E-state index in [4.69, 9.17) is 0 Å². The Morgan fingerprint density at radius 1 is 1.06 bits per heavy atom. The van der Waals surface area contributed by atoms with Crippen molar-refractivity contribution in [1.82, 2.24) is 9.29 Å². The van der Waals surface area contributed by atoms with Crippen LogP contribution in [0.5, 0.6) is 0 Å². The van der Waals surface area contributed by atoms with Crippen molar-refractivity contribution in [2.75, 3.05) is 11.4 Å². The summed E-state index contributed by atoms with van der Waals surface area (Å²) >= 11 is 3.24. The largest absolute Gasteiger partial charge is 0.361 e. The number of imide groups is 1. The van der Waals surface area contributed by atoms with Crippen molar-refractivity contribution in [3.63, 3.8) is 0 Å². The van der Waals surface area contributed by atoms with E-state index in [1.165, 1.54) is 10.4 Å². The van der Waals surface area contributed by atoms with Crippen LogP contribution in [0.2, 0.25) is 0 Å². The lowest BCUT2D eigenvalue weighted by molar-refractivity contribution is -0.122. The molecule has 2 aromatic heterocycles. The molecule has 34 heavy (non-hydrogen) atoms. The highest BCUT2D eigenvalue weighted by Gasteiger charge is 2.47. The lowest BCUT2D eigenvalue weighted by Crippen LogP contribution is -2.46. The maximum atomic E-state index is 13.6. The minimum absolute atomic E-state index is 0.0757. The molecule has 0 spiro atoms. The molecule has 1 aliphatic heterocycles. The van der Waals surface area contributed by atoms with E-state index in [1.807, 2.05) is 30.5 Å². The Hall–Kier alpha value is -2.54. The number of aromatic nitrogens is 1. The molecule has 0 saturated carbocycles. The Bertz CT molecular complexity index is 1460. The Morgan fingerprint density at radius 3 is 2.56 bits per heavy atom. The molecule has 3 heterocycles. The normalized spacial score (nSPS) is 16.8. The fraction of sp³-hybridized carbons (Fsp3) is 0.167. The van der Waals surface area contributed by atoms with Gasteiger partial charge in [0, 0.05) is 27.2 Å². The molecule has 5 rings (SSSR count). The van der Waals surface area contributed by atoms with Crippen LogP contribution < -0.4 is 4.90 Å². The Morgan fingerprint density at radius 2 is 1.82 bits per heavy atom. The van der Waals surface area contributed by atoms with Gasteiger partial charge in [0.2, 0.25) is 5.91 Å². The summed E-state index contributed by atoms with van der Waals surface area (Å²) in [6, 6.07) is 16.9. The molecular weight excluding hydrogens is 585 g/mol. The number of hydrogen-bond acceptors (Lipinski definition) is 5. The van der Waals surface area contributed by atoms with E-state index in [2.05, 4.69) is 27.6 Å². The summed E-state index contributed by atoms with van der Waals surface area (Å²) in [5.41, 5.74) is 2.36. The smallest absolute Gasteiger partial charge is 0.253 e. The maximum absolute atomic E-state index is 13.6. The monoisotopic (exact) mass is 605 g/mol. The first-order chi connectivity index (χ1) is 16.4. The molecule has 1 saturated heterocycles. The number of nitrogens with one attached hydrogen (secondary N) is 1.